The van der Waals surface area contributed by atoms with Crippen molar-refractivity contribution < 1.29 is 4.74 Å². The molecule has 1 rings (SSSR count). The number of nitrogens with zero attached hydrogens (tertiary/aromatic N) is 2. The summed E-state index contributed by atoms with van der Waals surface area (Å²) in [7, 11) is 1.71. The maximum Gasteiger partial charge on any atom is 0.191 e. The van der Waals surface area contributed by atoms with Crippen molar-refractivity contribution >= 4 is 17.3 Å². The maximum atomic E-state index is 5.38. The fraction of sp³-hybridized carbons (Fsp3) is 0.733. The molecule has 0 fully saturated rings. The van der Waals surface area contributed by atoms with E-state index in [9.17, 15) is 0 Å². The molecule has 5 nitrogen and oxygen atoms in total. The monoisotopic (exact) mass is 312 g/mol. The molecule has 6 heteroatoms. The number of nitrogens with one attached hydrogen (secondary N) is 2. The zero-order chi connectivity index (χ0) is 15.7. The van der Waals surface area contributed by atoms with Crippen LogP contribution in [0.4, 0.5) is 0 Å². The number of guanidine groups is 1. The average Bonchev–Trinajstić information content (AvgIpc) is 2.86. The van der Waals surface area contributed by atoms with Gasteiger partial charge >= 0.3 is 0 Å². The molecule has 1 aromatic heterocycles. The summed E-state index contributed by atoms with van der Waals surface area (Å²) >= 11 is 1.73. The van der Waals surface area contributed by atoms with Crippen molar-refractivity contribution in [3.05, 3.63) is 16.1 Å². The van der Waals surface area contributed by atoms with Crippen LogP contribution in [0.15, 0.2) is 10.4 Å². The lowest BCUT2D eigenvalue weighted by Crippen LogP contribution is -2.39. The standard InChI is InChI=1S/C15H28N4OS/c1-6-16-14(18-11-15(3,4)20-5)17-9-7-8-13-19-12(2)10-21-13/h10H,6-9,11H2,1-5H3,(H2,16,17,18). The third-order valence-corrected chi connectivity index (χ3v) is 4.07. The van der Waals surface area contributed by atoms with Crippen LogP contribution in [0.3, 0.4) is 0 Å². The molecule has 1 heterocycles. The highest BCUT2D eigenvalue weighted by atomic mass is 32.1. The van der Waals surface area contributed by atoms with Gasteiger partial charge in [0.2, 0.25) is 0 Å². The number of hydrogen-bond donors (Lipinski definition) is 2. The smallest absolute Gasteiger partial charge is 0.191 e. The predicted molar refractivity (Wildman–Crippen MR) is 90.2 cm³/mol. The molecule has 0 aliphatic rings. The largest absolute Gasteiger partial charge is 0.377 e. The molecule has 0 spiro atoms. The third kappa shape index (κ3) is 7.43. The minimum atomic E-state index is -0.235. The molecular formula is C15H28N4OS. The molecule has 0 saturated carbocycles. The normalized spacial score (nSPS) is 12.5. The molecule has 0 aromatic carbocycles. The molecule has 0 amide bonds. The van der Waals surface area contributed by atoms with E-state index in [4.69, 9.17) is 4.74 Å². The third-order valence-electron chi connectivity index (χ3n) is 3.04. The second-order valence-corrected chi connectivity index (χ2v) is 6.51. The second-order valence-electron chi connectivity index (χ2n) is 5.57. The van der Waals surface area contributed by atoms with Gasteiger partial charge in [-0.25, -0.2) is 4.98 Å². The molecule has 2 N–H and O–H groups in total. The molecule has 0 radical (unpaired) electrons. The van der Waals surface area contributed by atoms with Gasteiger partial charge in [-0.15, -0.1) is 11.3 Å². The molecule has 120 valence electrons. The van der Waals surface area contributed by atoms with Crippen LogP contribution in [0.5, 0.6) is 0 Å². The first kappa shape index (κ1) is 17.9. The molecule has 0 aliphatic carbocycles. The highest BCUT2D eigenvalue weighted by Gasteiger charge is 2.15. The lowest BCUT2D eigenvalue weighted by molar-refractivity contribution is 0.0310. The van der Waals surface area contributed by atoms with Gasteiger partial charge in [-0.3, -0.25) is 4.99 Å². The summed E-state index contributed by atoms with van der Waals surface area (Å²) in [6.45, 7) is 10.5. The molecule has 0 bridgehead atoms. The fourth-order valence-electron chi connectivity index (χ4n) is 1.64. The molecule has 1 aromatic rings. The van der Waals surface area contributed by atoms with Gasteiger partial charge in [0.05, 0.1) is 17.2 Å². The van der Waals surface area contributed by atoms with E-state index < -0.39 is 0 Å². The van der Waals surface area contributed by atoms with Gasteiger partial charge in [0.1, 0.15) is 0 Å². The molecular weight excluding hydrogens is 284 g/mol. The Bertz CT molecular complexity index is 443. The first-order valence-electron chi connectivity index (χ1n) is 7.45. The Balaban J connectivity index is 2.35. The maximum absolute atomic E-state index is 5.38. The molecule has 0 unspecified atom stereocenters. The Kier molecular flexibility index (Phi) is 7.67. The van der Waals surface area contributed by atoms with Gasteiger partial charge in [-0.05, 0) is 34.1 Å². The molecule has 0 atom stereocenters. The van der Waals surface area contributed by atoms with Crippen molar-refractivity contribution in [1.82, 2.24) is 15.6 Å². The van der Waals surface area contributed by atoms with E-state index in [0.717, 1.165) is 37.6 Å². The van der Waals surface area contributed by atoms with E-state index in [1.807, 2.05) is 20.8 Å². The number of methoxy groups -OCH3 is 1. The van der Waals surface area contributed by atoms with Gasteiger partial charge < -0.3 is 15.4 Å². The summed E-state index contributed by atoms with van der Waals surface area (Å²) in [6, 6.07) is 0. The van der Waals surface area contributed by atoms with Crippen molar-refractivity contribution in [2.75, 3.05) is 26.7 Å². The molecule has 0 saturated heterocycles. The Hall–Kier alpha value is -1.14. The highest BCUT2D eigenvalue weighted by Crippen LogP contribution is 2.10. The molecule has 0 aliphatic heterocycles. The van der Waals surface area contributed by atoms with E-state index in [1.54, 1.807) is 18.4 Å². The van der Waals surface area contributed by atoms with E-state index in [0.29, 0.717) is 6.54 Å². The van der Waals surface area contributed by atoms with Crippen LogP contribution in [-0.2, 0) is 11.2 Å². The lowest BCUT2D eigenvalue weighted by atomic mass is 10.1. The van der Waals surface area contributed by atoms with Crippen LogP contribution in [0, 0.1) is 6.92 Å². The summed E-state index contributed by atoms with van der Waals surface area (Å²) in [4.78, 5) is 9.03. The van der Waals surface area contributed by atoms with Crippen LogP contribution in [0.2, 0.25) is 0 Å². The van der Waals surface area contributed by atoms with Crippen LogP contribution in [0.1, 0.15) is 37.9 Å². The summed E-state index contributed by atoms with van der Waals surface area (Å²) in [5, 5.41) is 9.91. The summed E-state index contributed by atoms with van der Waals surface area (Å²) < 4.78 is 5.38. The van der Waals surface area contributed by atoms with Crippen LogP contribution < -0.4 is 10.6 Å². The minimum Gasteiger partial charge on any atom is -0.377 e. The zero-order valence-electron chi connectivity index (χ0n) is 13.8. The summed E-state index contributed by atoms with van der Waals surface area (Å²) in [6.07, 6.45) is 2.06. The number of thiazole rings is 1. The SMILES string of the molecule is CCNC(=NCC(C)(C)OC)NCCCc1nc(C)cs1. The van der Waals surface area contributed by atoms with Gasteiger partial charge in [0.25, 0.3) is 0 Å². The zero-order valence-corrected chi connectivity index (χ0v) is 14.6. The van der Waals surface area contributed by atoms with Crippen molar-refractivity contribution in [2.24, 2.45) is 4.99 Å². The van der Waals surface area contributed by atoms with Gasteiger partial charge in [0, 0.05) is 37.7 Å². The predicted octanol–water partition coefficient (Wildman–Crippen LogP) is 2.36. The van der Waals surface area contributed by atoms with E-state index in [2.05, 4.69) is 32.9 Å². The highest BCUT2D eigenvalue weighted by molar-refractivity contribution is 7.09. The number of aliphatic imine (C=N–C) groups is 1. The number of hydrogen-bond acceptors (Lipinski definition) is 4. The first-order chi connectivity index (χ1) is 9.96. The van der Waals surface area contributed by atoms with E-state index in [1.165, 1.54) is 5.01 Å². The van der Waals surface area contributed by atoms with Crippen molar-refractivity contribution in [1.29, 1.82) is 0 Å². The van der Waals surface area contributed by atoms with Crippen LogP contribution >= 0.6 is 11.3 Å². The Morgan fingerprint density at radius 2 is 2.19 bits per heavy atom. The Morgan fingerprint density at radius 1 is 1.43 bits per heavy atom. The summed E-state index contributed by atoms with van der Waals surface area (Å²) in [5.41, 5.74) is 0.875. The van der Waals surface area contributed by atoms with Crippen LogP contribution in [0.25, 0.3) is 0 Å². The average molecular weight is 312 g/mol. The van der Waals surface area contributed by atoms with Gasteiger partial charge in [0.15, 0.2) is 5.96 Å². The molecule has 21 heavy (non-hydrogen) atoms. The number of ether oxygens (including phenoxy) is 1. The Labute approximate surface area is 132 Å². The van der Waals surface area contributed by atoms with Crippen molar-refractivity contribution in [3.8, 4) is 0 Å². The summed E-state index contributed by atoms with van der Waals surface area (Å²) in [5.74, 6) is 0.845. The second kappa shape index (κ2) is 9.00. The number of rotatable bonds is 8. The van der Waals surface area contributed by atoms with Crippen molar-refractivity contribution in [3.63, 3.8) is 0 Å². The quantitative estimate of drug-likeness (QED) is 0.439. The number of aryl methyl sites for hydroxylation is 2. The lowest BCUT2D eigenvalue weighted by Gasteiger charge is -2.21. The van der Waals surface area contributed by atoms with Gasteiger partial charge in [-0.2, -0.15) is 0 Å². The van der Waals surface area contributed by atoms with E-state index in [-0.39, 0.29) is 5.60 Å². The fourth-order valence-corrected chi connectivity index (χ4v) is 2.46. The first-order valence-corrected chi connectivity index (χ1v) is 8.33. The van der Waals surface area contributed by atoms with Gasteiger partial charge in [-0.1, -0.05) is 0 Å². The topological polar surface area (TPSA) is 58.5 Å². The number of aromatic nitrogens is 1. The van der Waals surface area contributed by atoms with Crippen molar-refractivity contribution in [2.45, 2.75) is 46.1 Å². The minimum absolute atomic E-state index is 0.235. The van der Waals surface area contributed by atoms with Crippen LogP contribution in [-0.4, -0.2) is 43.3 Å². The Morgan fingerprint density at radius 3 is 2.76 bits per heavy atom. The van der Waals surface area contributed by atoms with E-state index >= 15 is 0 Å².